The zero-order valence-electron chi connectivity index (χ0n) is 16.0. The number of rotatable bonds is 4. The number of carbonyl (C=O) groups is 1. The Morgan fingerprint density at radius 3 is 2.76 bits per heavy atom. The van der Waals surface area contributed by atoms with Crippen LogP contribution in [-0.4, -0.2) is 22.7 Å². The van der Waals surface area contributed by atoms with Crippen LogP contribution in [0, 0.1) is 5.82 Å². The first-order valence-electron chi connectivity index (χ1n) is 9.90. The van der Waals surface area contributed by atoms with E-state index in [0.29, 0.717) is 11.6 Å². The van der Waals surface area contributed by atoms with Crippen molar-refractivity contribution in [2.75, 3.05) is 7.05 Å². The lowest BCUT2D eigenvalue weighted by Crippen LogP contribution is -2.20. The first-order chi connectivity index (χ1) is 14.0. The van der Waals surface area contributed by atoms with Gasteiger partial charge in [-0.3, -0.25) is 4.79 Å². The molecule has 2 aromatic heterocycles. The number of aromatic carboxylic acids is 1. The van der Waals surface area contributed by atoms with Crippen molar-refractivity contribution in [3.8, 4) is 10.4 Å². The number of aryl methyl sites for hydroxylation is 1. The minimum absolute atomic E-state index is 0.121. The predicted octanol–water partition coefficient (Wildman–Crippen LogP) is 4.50. The molecule has 7 heteroatoms. The molecule has 0 radical (unpaired) electrons. The zero-order valence-corrected chi connectivity index (χ0v) is 16.8. The third-order valence-electron chi connectivity index (χ3n) is 6.00. The summed E-state index contributed by atoms with van der Waals surface area (Å²) in [5.41, 5.74) is 1.36. The summed E-state index contributed by atoms with van der Waals surface area (Å²) >= 11 is 1.68. The maximum absolute atomic E-state index is 15.1. The highest BCUT2D eigenvalue weighted by molar-refractivity contribution is 7.15. The second-order valence-electron chi connectivity index (χ2n) is 7.89. The molecule has 1 saturated carbocycles. The lowest BCUT2D eigenvalue weighted by Gasteiger charge is -2.21. The fraction of sp³-hybridized carbons (Fsp3) is 0.364. The number of fused-ring (bicyclic) bond motifs is 2. The minimum Gasteiger partial charge on any atom is -0.477 e. The van der Waals surface area contributed by atoms with Crippen molar-refractivity contribution < 1.29 is 14.3 Å². The van der Waals surface area contributed by atoms with Gasteiger partial charge < -0.3 is 15.0 Å². The maximum atomic E-state index is 15.1. The van der Waals surface area contributed by atoms with E-state index < -0.39 is 17.2 Å². The van der Waals surface area contributed by atoms with Crippen molar-refractivity contribution in [3.63, 3.8) is 0 Å². The van der Waals surface area contributed by atoms with Gasteiger partial charge in [-0.1, -0.05) is 0 Å². The molecule has 5 nitrogen and oxygen atoms in total. The van der Waals surface area contributed by atoms with Gasteiger partial charge in [0, 0.05) is 28.0 Å². The van der Waals surface area contributed by atoms with Crippen LogP contribution in [0.5, 0.6) is 0 Å². The fourth-order valence-electron chi connectivity index (χ4n) is 4.37. The van der Waals surface area contributed by atoms with E-state index in [2.05, 4.69) is 11.4 Å². The Kier molecular flexibility index (Phi) is 4.33. The summed E-state index contributed by atoms with van der Waals surface area (Å²) in [5, 5.41) is 12.6. The van der Waals surface area contributed by atoms with Gasteiger partial charge in [0.15, 0.2) is 0 Å². The smallest absolute Gasteiger partial charge is 0.341 e. The number of thiophene rings is 1. The van der Waals surface area contributed by atoms with Crippen LogP contribution in [-0.2, 0) is 6.42 Å². The Morgan fingerprint density at radius 1 is 1.28 bits per heavy atom. The molecular formula is C22H21FN2O3S. The molecule has 0 aliphatic heterocycles. The van der Waals surface area contributed by atoms with Crippen molar-refractivity contribution >= 4 is 28.2 Å². The van der Waals surface area contributed by atoms with Crippen LogP contribution in [0.25, 0.3) is 21.3 Å². The Hall–Kier alpha value is -2.51. The summed E-state index contributed by atoms with van der Waals surface area (Å²) < 4.78 is 16.9. The highest BCUT2D eigenvalue weighted by Gasteiger charge is 2.28. The Morgan fingerprint density at radius 2 is 2.07 bits per heavy atom. The molecule has 0 amide bonds. The number of aromatic nitrogens is 1. The van der Waals surface area contributed by atoms with Crippen LogP contribution in [0.1, 0.15) is 58.6 Å². The molecule has 2 aliphatic rings. The highest BCUT2D eigenvalue weighted by atomic mass is 32.1. The number of hydrogen-bond donors (Lipinski definition) is 2. The average Bonchev–Trinajstić information content (AvgIpc) is 3.44. The van der Waals surface area contributed by atoms with E-state index in [1.807, 2.05) is 13.1 Å². The summed E-state index contributed by atoms with van der Waals surface area (Å²) in [5.74, 6) is -1.98. The van der Waals surface area contributed by atoms with Crippen LogP contribution >= 0.6 is 11.3 Å². The van der Waals surface area contributed by atoms with E-state index in [0.717, 1.165) is 42.5 Å². The lowest BCUT2D eigenvalue weighted by atomic mass is 9.93. The van der Waals surface area contributed by atoms with Gasteiger partial charge >= 0.3 is 5.97 Å². The van der Waals surface area contributed by atoms with Gasteiger partial charge in [-0.2, -0.15) is 0 Å². The summed E-state index contributed by atoms with van der Waals surface area (Å²) in [6.07, 6.45) is 6.43. The number of hydrogen-bond acceptors (Lipinski definition) is 4. The average molecular weight is 412 g/mol. The van der Waals surface area contributed by atoms with E-state index in [1.54, 1.807) is 15.9 Å². The molecule has 0 spiro atoms. The number of pyridine rings is 1. The molecule has 0 bridgehead atoms. The van der Waals surface area contributed by atoms with E-state index >= 15 is 4.39 Å². The molecule has 1 aromatic carbocycles. The number of benzene rings is 1. The lowest BCUT2D eigenvalue weighted by molar-refractivity contribution is 0.0695. The molecular weight excluding hydrogens is 391 g/mol. The van der Waals surface area contributed by atoms with Crippen LogP contribution < -0.4 is 10.7 Å². The van der Waals surface area contributed by atoms with E-state index in [-0.39, 0.29) is 17.0 Å². The normalized spacial score (nSPS) is 18.8. The Balaban J connectivity index is 1.72. The van der Waals surface area contributed by atoms with E-state index in [4.69, 9.17) is 0 Å². The zero-order chi connectivity index (χ0) is 20.3. The first-order valence-corrected chi connectivity index (χ1v) is 10.7. The summed E-state index contributed by atoms with van der Waals surface area (Å²) in [6.45, 7) is 0. The van der Waals surface area contributed by atoms with Crippen molar-refractivity contribution in [2.24, 2.45) is 0 Å². The predicted molar refractivity (Wildman–Crippen MR) is 111 cm³/mol. The second-order valence-corrected chi connectivity index (χ2v) is 9.03. The van der Waals surface area contributed by atoms with Crippen molar-refractivity contribution in [1.29, 1.82) is 0 Å². The van der Waals surface area contributed by atoms with Crippen molar-refractivity contribution in [1.82, 2.24) is 9.88 Å². The number of carboxylic acid groups (broad SMARTS) is 1. The van der Waals surface area contributed by atoms with Gasteiger partial charge in [0.25, 0.3) is 0 Å². The third-order valence-corrected chi connectivity index (χ3v) is 7.26. The highest BCUT2D eigenvalue weighted by Crippen LogP contribution is 2.42. The quantitative estimate of drug-likeness (QED) is 0.662. The minimum atomic E-state index is -1.32. The van der Waals surface area contributed by atoms with Crippen molar-refractivity contribution in [2.45, 2.75) is 44.2 Å². The summed E-state index contributed by atoms with van der Waals surface area (Å²) in [4.78, 5) is 26.4. The van der Waals surface area contributed by atoms with Crippen LogP contribution in [0.15, 0.2) is 29.2 Å². The Labute approximate surface area is 170 Å². The number of nitrogens with one attached hydrogen (secondary N) is 1. The molecule has 2 N–H and O–H groups in total. The largest absolute Gasteiger partial charge is 0.477 e. The molecule has 1 fully saturated rings. The van der Waals surface area contributed by atoms with Crippen LogP contribution in [0.3, 0.4) is 0 Å². The molecule has 150 valence electrons. The van der Waals surface area contributed by atoms with Gasteiger partial charge in [-0.15, -0.1) is 11.3 Å². The molecule has 5 rings (SSSR count). The Bertz CT molecular complexity index is 1210. The van der Waals surface area contributed by atoms with Crippen molar-refractivity contribution in [3.05, 3.63) is 56.4 Å². The van der Waals surface area contributed by atoms with Gasteiger partial charge in [0.1, 0.15) is 11.4 Å². The first kappa shape index (κ1) is 18.5. The third kappa shape index (κ3) is 3.00. The SMILES string of the molecule is CNC1CCCc2sc(-c3cc(F)c4c(=O)c(C(=O)O)cn(C5CC5)c4c3)cc21. The maximum Gasteiger partial charge on any atom is 0.341 e. The number of nitrogens with zero attached hydrogens (tertiary/aromatic N) is 1. The topological polar surface area (TPSA) is 71.3 Å². The van der Waals surface area contributed by atoms with Crippen LogP contribution in [0.4, 0.5) is 4.39 Å². The number of halogens is 1. The van der Waals surface area contributed by atoms with E-state index in [1.165, 1.54) is 22.7 Å². The molecule has 29 heavy (non-hydrogen) atoms. The van der Waals surface area contributed by atoms with Gasteiger partial charge in [0.05, 0.1) is 10.9 Å². The van der Waals surface area contributed by atoms with Crippen LogP contribution in [0.2, 0.25) is 0 Å². The number of carboxylic acids is 1. The molecule has 2 heterocycles. The second kappa shape index (κ2) is 6.78. The molecule has 3 aromatic rings. The monoisotopic (exact) mass is 412 g/mol. The summed E-state index contributed by atoms with van der Waals surface area (Å²) in [6, 6.07) is 5.78. The van der Waals surface area contributed by atoms with Gasteiger partial charge in [-0.25, -0.2) is 9.18 Å². The summed E-state index contributed by atoms with van der Waals surface area (Å²) in [7, 11) is 1.96. The standard InChI is InChI=1S/C22H21FN2O3S/c1-24-16-3-2-4-18-13(16)9-19(29-18)11-7-15(23)20-17(8-11)25(12-5-6-12)10-14(21(20)26)22(27)28/h7-10,12,16,24H,2-6H2,1H3,(H,27,28). The molecule has 2 aliphatic carbocycles. The van der Waals surface area contributed by atoms with Gasteiger partial charge in [0.2, 0.25) is 5.43 Å². The fourth-order valence-corrected chi connectivity index (χ4v) is 5.62. The van der Waals surface area contributed by atoms with E-state index in [9.17, 15) is 14.7 Å². The van der Waals surface area contributed by atoms with Gasteiger partial charge in [-0.05, 0) is 68.5 Å². The molecule has 1 atom stereocenters. The molecule has 1 unspecified atom stereocenters. The molecule has 0 saturated heterocycles.